The first-order chi connectivity index (χ1) is 38.9. The molecule has 0 radical (unpaired) electrons. The topological polar surface area (TPSA) is 268 Å². The molecule has 16 rings (SSSR count). The largest absolute Gasteiger partial charge is 0.306 e. The predicted octanol–water partition coefficient (Wildman–Crippen LogP) is 11.6. The number of H-pyrrole nitrogens is 5. The molecule has 0 unspecified atom stereocenters. The average Bonchev–Trinajstić information content (AvgIpc) is 4.31. The number of fused-ring (bicyclic) bond motifs is 8. The van der Waals surface area contributed by atoms with Gasteiger partial charge < -0.3 is 4.40 Å². The maximum absolute atomic E-state index is 4.24. The molecule has 3 aromatic carbocycles. The predicted molar refractivity (Wildman–Crippen MR) is 320 cm³/mol. The second-order valence-electron chi connectivity index (χ2n) is 18.9. The minimum Gasteiger partial charge on any atom is -0.306 e. The number of nitrogens with one attached hydrogen (secondary N) is 5. The number of aromatic nitrogens is 20. The summed E-state index contributed by atoms with van der Waals surface area (Å²) in [6.07, 6.45) is 20.3. The van der Waals surface area contributed by atoms with Crippen molar-refractivity contribution in [3.63, 3.8) is 0 Å². The molecule has 0 saturated carbocycles. The molecular weight excluding hydrogens is 1010 g/mol. The molecule has 15 aromatic rings. The quantitative estimate of drug-likeness (QED) is 0.0947. The van der Waals surface area contributed by atoms with Gasteiger partial charge in [0.15, 0.2) is 11.3 Å². The molecule has 1 aliphatic heterocycles. The van der Waals surface area contributed by atoms with E-state index in [9.17, 15) is 0 Å². The van der Waals surface area contributed by atoms with Crippen LogP contribution in [-0.2, 0) is 6.54 Å². The Morgan fingerprint density at radius 3 is 2.01 bits per heavy atom. The maximum Gasteiger partial charge on any atom is 0.179 e. The molecule has 21 heteroatoms. The number of pyridine rings is 5. The van der Waals surface area contributed by atoms with Crippen molar-refractivity contribution in [1.82, 2.24) is 101 Å². The fraction of sp³-hybridized carbons (Fsp3) is 0.167. The fourth-order valence-corrected chi connectivity index (χ4v) is 7.96. The molecule has 0 atom stereocenters. The highest BCUT2D eigenvalue weighted by molar-refractivity contribution is 5.84. The molecule has 81 heavy (non-hydrogen) atoms. The maximum atomic E-state index is 4.24. The van der Waals surface area contributed by atoms with Gasteiger partial charge in [0.25, 0.3) is 0 Å². The lowest BCUT2D eigenvalue weighted by Gasteiger charge is -1.96. The molecule has 12 aromatic heterocycles. The number of aryl methyl sites for hydroxylation is 8. The van der Waals surface area contributed by atoms with Gasteiger partial charge in [-0.1, -0.05) is 61.0 Å². The summed E-state index contributed by atoms with van der Waals surface area (Å²) in [7, 11) is 0. The van der Waals surface area contributed by atoms with E-state index in [2.05, 4.69) is 166 Å². The van der Waals surface area contributed by atoms with Crippen molar-refractivity contribution in [2.24, 2.45) is 4.99 Å². The number of tetrazole rings is 1. The molecule has 13 heterocycles. The third-order valence-corrected chi connectivity index (χ3v) is 12.1. The van der Waals surface area contributed by atoms with Gasteiger partial charge in [-0.2, -0.15) is 35.8 Å². The SMILES string of the molecule is C.Cc1cc2cn[nH]c2cn1.Cc1ccc2[nH]ncc2c1.Cc1ccc2[nH]ncc2n1.Cc1ccc2c(c1)CN=C2.Cc1ccc2cncn2c1.Cc1ccc2n[nH]nc2c1.Cc1ccc2nnnn2c1.Cc1cnc2[nH]ncc2c1. The number of imidazole rings is 1. The standard InChI is InChI=1S/C9H9N.2C8H8N2.4C7H7N3.C6H6N4.CH4/c1-7-2-3-8-5-10-6-9(8)4-7;1-7-2-3-8-4-9-6-10(8)5-7;1-6-2-3-8-7(4-6)5-9-10-8;1-5-2-6-3-9-10-7(6)4-8-5;1-5-2-6-4-9-10-7(6)8-3-5;1-5-2-3-6-7(9-5)4-8-10-6;1-5-2-3-6-7(4-5)9-10-8-6;1-5-2-3-6-7-8-9-10(6)4-5;/h2-5H,6H2,1H3;2-6H,1H3;2-5H,1H3,(H,9,10);2-4H,1H3,(H,9,10);2-4H,1H3,(H,8,9,10);2-4H,1H3,(H,8,10);2-4H,1H3,(H,8,9,10);2-4H,1H3;1H4. The van der Waals surface area contributed by atoms with Crippen LogP contribution < -0.4 is 0 Å². The van der Waals surface area contributed by atoms with Crippen molar-refractivity contribution in [3.8, 4) is 0 Å². The third kappa shape index (κ3) is 15.7. The minimum atomic E-state index is 0. The summed E-state index contributed by atoms with van der Waals surface area (Å²) >= 11 is 0. The average molecular weight is 1080 g/mol. The zero-order valence-electron chi connectivity index (χ0n) is 45.5. The number of aromatic amines is 5. The number of benzene rings is 3. The number of hydrogen-bond acceptors (Lipinski definition) is 14. The van der Waals surface area contributed by atoms with Crippen molar-refractivity contribution in [1.29, 1.82) is 0 Å². The lowest BCUT2D eigenvalue weighted by atomic mass is 10.1. The van der Waals surface area contributed by atoms with Gasteiger partial charge in [-0.3, -0.25) is 30.4 Å². The van der Waals surface area contributed by atoms with E-state index in [1.165, 1.54) is 38.8 Å². The molecule has 5 N–H and O–H groups in total. The normalized spacial score (nSPS) is 10.8. The lowest BCUT2D eigenvalue weighted by molar-refractivity contribution is 0.820. The monoisotopic (exact) mass is 1080 g/mol. The molecule has 0 saturated heterocycles. The van der Waals surface area contributed by atoms with E-state index in [0.29, 0.717) is 0 Å². The summed E-state index contributed by atoms with van der Waals surface area (Å²) in [5.74, 6) is 0. The van der Waals surface area contributed by atoms with Gasteiger partial charge in [-0.05, 0) is 160 Å². The van der Waals surface area contributed by atoms with Crippen molar-refractivity contribution in [3.05, 3.63) is 221 Å². The van der Waals surface area contributed by atoms with E-state index in [0.717, 1.165) is 89.7 Å². The smallest absolute Gasteiger partial charge is 0.179 e. The van der Waals surface area contributed by atoms with Gasteiger partial charge in [0, 0.05) is 52.4 Å². The van der Waals surface area contributed by atoms with Crippen LogP contribution >= 0.6 is 0 Å². The van der Waals surface area contributed by atoms with Gasteiger partial charge in [-0.15, -0.1) is 5.10 Å². The Kier molecular flexibility index (Phi) is 18.9. The van der Waals surface area contributed by atoms with Crippen molar-refractivity contribution in [2.75, 3.05) is 0 Å². The van der Waals surface area contributed by atoms with Gasteiger partial charge in [0.05, 0.1) is 72.1 Å². The van der Waals surface area contributed by atoms with Crippen LogP contribution in [-0.4, -0.2) is 107 Å². The summed E-state index contributed by atoms with van der Waals surface area (Å²) in [4.78, 5) is 20.6. The zero-order valence-corrected chi connectivity index (χ0v) is 45.5. The number of aliphatic imine (C=N–C) groups is 1. The Bertz CT molecular complexity index is 3730. The molecule has 408 valence electrons. The summed E-state index contributed by atoms with van der Waals surface area (Å²) in [5.41, 5.74) is 20.7. The van der Waals surface area contributed by atoms with Crippen molar-refractivity contribution < 1.29 is 0 Å². The van der Waals surface area contributed by atoms with Crippen LogP contribution in [0.5, 0.6) is 0 Å². The van der Waals surface area contributed by atoms with E-state index in [1.807, 2.05) is 137 Å². The van der Waals surface area contributed by atoms with E-state index in [1.54, 1.807) is 29.3 Å². The highest BCUT2D eigenvalue weighted by atomic mass is 15.5. The Morgan fingerprint density at radius 1 is 0.481 bits per heavy atom. The highest BCUT2D eigenvalue weighted by Crippen LogP contribution is 2.16. The van der Waals surface area contributed by atoms with Crippen LogP contribution in [0.3, 0.4) is 0 Å². The summed E-state index contributed by atoms with van der Waals surface area (Å²) in [6.45, 7) is 17.1. The molecule has 1 aliphatic rings. The number of rotatable bonds is 0. The summed E-state index contributed by atoms with van der Waals surface area (Å²) in [5, 5.41) is 51.7. The van der Waals surface area contributed by atoms with E-state index >= 15 is 0 Å². The molecule has 21 nitrogen and oxygen atoms in total. The van der Waals surface area contributed by atoms with Gasteiger partial charge in [0.1, 0.15) is 16.6 Å². The van der Waals surface area contributed by atoms with Crippen LogP contribution in [0.4, 0.5) is 0 Å². The highest BCUT2D eigenvalue weighted by Gasteiger charge is 2.04. The Labute approximate surface area is 466 Å². The van der Waals surface area contributed by atoms with Crippen molar-refractivity contribution in [2.45, 2.75) is 69.4 Å². The van der Waals surface area contributed by atoms with Crippen LogP contribution in [0.15, 0.2) is 170 Å². The molecule has 0 spiro atoms. The van der Waals surface area contributed by atoms with E-state index in [-0.39, 0.29) is 7.43 Å². The van der Waals surface area contributed by atoms with Gasteiger partial charge >= 0.3 is 0 Å². The Hall–Kier alpha value is -10.7. The first-order valence-electron chi connectivity index (χ1n) is 25.5. The second-order valence-corrected chi connectivity index (χ2v) is 18.9. The van der Waals surface area contributed by atoms with E-state index in [4.69, 9.17) is 0 Å². The minimum absolute atomic E-state index is 0. The first kappa shape index (κ1) is 56.5. The van der Waals surface area contributed by atoms with Crippen molar-refractivity contribution >= 4 is 72.3 Å². The third-order valence-electron chi connectivity index (χ3n) is 12.1. The molecule has 0 amide bonds. The van der Waals surface area contributed by atoms with Gasteiger partial charge in [-0.25, -0.2) is 19.5 Å². The molecule has 0 aliphatic carbocycles. The summed E-state index contributed by atoms with van der Waals surface area (Å²) < 4.78 is 3.66. The number of nitrogens with zero attached hydrogens (tertiary/aromatic N) is 16. The fourth-order valence-electron chi connectivity index (χ4n) is 7.96. The molecular formula is C60H63N21. The zero-order chi connectivity index (χ0) is 55.8. The Morgan fingerprint density at radius 2 is 1.15 bits per heavy atom. The second kappa shape index (κ2) is 27.1. The van der Waals surface area contributed by atoms with Gasteiger partial charge in [0.2, 0.25) is 0 Å². The van der Waals surface area contributed by atoms with Crippen LogP contribution in [0.2, 0.25) is 0 Å². The number of hydrogen-bond donors (Lipinski definition) is 5. The van der Waals surface area contributed by atoms with Crippen LogP contribution in [0.25, 0.3) is 66.1 Å². The molecule has 0 bridgehead atoms. The summed E-state index contributed by atoms with van der Waals surface area (Å²) in [6, 6.07) is 34.6. The van der Waals surface area contributed by atoms with E-state index < -0.39 is 0 Å². The lowest BCUT2D eigenvalue weighted by Crippen LogP contribution is -1.86. The molecule has 0 fully saturated rings. The first-order valence-corrected chi connectivity index (χ1v) is 25.5. The van der Waals surface area contributed by atoms with Crippen LogP contribution in [0.1, 0.15) is 63.3 Å². The Balaban J connectivity index is 0.000000121. The van der Waals surface area contributed by atoms with Crippen LogP contribution in [0, 0.1) is 55.4 Å².